The highest BCUT2D eigenvalue weighted by Crippen LogP contribution is 2.23. The summed E-state index contributed by atoms with van der Waals surface area (Å²) in [6, 6.07) is 19.2. The van der Waals surface area contributed by atoms with E-state index in [0.717, 1.165) is 23.7 Å². The number of nitrogens with one attached hydrogen (secondary N) is 1. The second kappa shape index (κ2) is 12.9. The van der Waals surface area contributed by atoms with E-state index in [1.54, 1.807) is 42.5 Å². The number of amides is 1. The molecule has 0 aliphatic heterocycles. The maximum absolute atomic E-state index is 12.4. The highest BCUT2D eigenvalue weighted by Gasteiger charge is 2.12. The van der Waals surface area contributed by atoms with E-state index >= 15 is 0 Å². The van der Waals surface area contributed by atoms with Crippen LogP contribution in [0.4, 0.5) is 0 Å². The smallest absolute Gasteiger partial charge is 0.343 e. The highest BCUT2D eigenvalue weighted by atomic mass is 79.9. The molecule has 0 atom stereocenters. The van der Waals surface area contributed by atoms with Crippen molar-refractivity contribution in [2.24, 2.45) is 5.10 Å². The van der Waals surface area contributed by atoms with E-state index < -0.39 is 11.9 Å². The first-order chi connectivity index (χ1) is 16.4. The molecule has 1 amide bonds. The minimum atomic E-state index is -0.535. The number of carbonyl (C=O) groups is 2. The number of hydrazone groups is 1. The second-order valence-electron chi connectivity index (χ2n) is 7.41. The number of aryl methyl sites for hydroxylation is 1. The van der Waals surface area contributed by atoms with Crippen molar-refractivity contribution < 1.29 is 19.1 Å². The largest absolute Gasteiger partial charge is 0.484 e. The summed E-state index contributed by atoms with van der Waals surface area (Å²) < 4.78 is 11.8. The molecule has 0 heterocycles. The molecule has 176 valence electrons. The lowest BCUT2D eigenvalue weighted by Gasteiger charge is -2.08. The lowest BCUT2D eigenvalue weighted by Crippen LogP contribution is -2.24. The third-order valence-corrected chi connectivity index (χ3v) is 5.50. The summed E-state index contributed by atoms with van der Waals surface area (Å²) in [6.07, 6.45) is 4.71. The van der Waals surface area contributed by atoms with Gasteiger partial charge in [0.2, 0.25) is 0 Å². The fourth-order valence-corrected chi connectivity index (χ4v) is 3.45. The molecule has 6 nitrogen and oxygen atoms in total. The Hall–Kier alpha value is -3.16. The molecule has 3 rings (SSSR count). The molecule has 0 aliphatic rings. The van der Waals surface area contributed by atoms with Crippen LogP contribution >= 0.6 is 27.5 Å². The Morgan fingerprint density at radius 2 is 1.79 bits per heavy atom. The zero-order valence-corrected chi connectivity index (χ0v) is 20.9. The average molecular weight is 544 g/mol. The highest BCUT2D eigenvalue weighted by molar-refractivity contribution is 9.10. The zero-order valence-electron chi connectivity index (χ0n) is 18.6. The molecule has 0 saturated carbocycles. The third kappa shape index (κ3) is 8.01. The van der Waals surface area contributed by atoms with Gasteiger partial charge in [-0.05, 0) is 73.0 Å². The Bertz CT molecular complexity index is 1150. The molecule has 0 unspecified atom stereocenters. The topological polar surface area (TPSA) is 77.0 Å². The summed E-state index contributed by atoms with van der Waals surface area (Å²) >= 11 is 9.25. The molecule has 0 aromatic heterocycles. The Balaban J connectivity index is 1.55. The molecule has 0 spiro atoms. The van der Waals surface area contributed by atoms with Crippen LogP contribution in [0.25, 0.3) is 0 Å². The first-order valence-corrected chi connectivity index (χ1v) is 11.9. The molecule has 3 aromatic carbocycles. The lowest BCUT2D eigenvalue weighted by atomic mass is 10.1. The molecular weight excluding hydrogens is 520 g/mol. The lowest BCUT2D eigenvalue weighted by molar-refractivity contribution is -0.123. The number of carbonyl (C=O) groups excluding carboxylic acids is 2. The van der Waals surface area contributed by atoms with Crippen LogP contribution in [0.2, 0.25) is 5.02 Å². The molecule has 1 N–H and O–H groups in total. The first-order valence-electron chi connectivity index (χ1n) is 10.8. The van der Waals surface area contributed by atoms with Gasteiger partial charge in [-0.1, -0.05) is 53.0 Å². The fraction of sp³-hybridized carbons (Fsp3) is 0.192. The molecule has 34 heavy (non-hydrogen) atoms. The number of hydrogen-bond acceptors (Lipinski definition) is 5. The quantitative estimate of drug-likeness (QED) is 0.143. The van der Waals surface area contributed by atoms with E-state index in [2.05, 4.69) is 33.4 Å². The van der Waals surface area contributed by atoms with Gasteiger partial charge in [0, 0.05) is 15.1 Å². The average Bonchev–Trinajstić information content (AvgIpc) is 2.84. The van der Waals surface area contributed by atoms with Crippen molar-refractivity contribution in [1.82, 2.24) is 5.43 Å². The van der Waals surface area contributed by atoms with Crippen LogP contribution in [-0.2, 0) is 11.2 Å². The summed E-state index contributed by atoms with van der Waals surface area (Å²) in [7, 11) is 0. The van der Waals surface area contributed by atoms with E-state index in [0.29, 0.717) is 27.6 Å². The van der Waals surface area contributed by atoms with E-state index in [4.69, 9.17) is 21.1 Å². The summed E-state index contributed by atoms with van der Waals surface area (Å²) in [5, 5.41) is 4.49. The maximum atomic E-state index is 12.4. The number of ether oxygens (including phenoxy) is 2. The van der Waals surface area contributed by atoms with Gasteiger partial charge < -0.3 is 9.47 Å². The molecule has 0 radical (unpaired) electrons. The van der Waals surface area contributed by atoms with Crippen molar-refractivity contribution in [1.29, 1.82) is 0 Å². The summed E-state index contributed by atoms with van der Waals surface area (Å²) in [6.45, 7) is 1.98. The minimum absolute atomic E-state index is 0.178. The minimum Gasteiger partial charge on any atom is -0.484 e. The SMILES string of the molecule is CCCCc1ccc(OCC(=O)N/N=C/c2cc(Br)ccc2OC(=O)c2ccc(Cl)cc2)cc1. The van der Waals surface area contributed by atoms with Crippen molar-refractivity contribution in [2.45, 2.75) is 26.2 Å². The maximum Gasteiger partial charge on any atom is 0.343 e. The van der Waals surface area contributed by atoms with Crippen LogP contribution in [0.15, 0.2) is 76.3 Å². The number of rotatable bonds is 10. The number of esters is 1. The van der Waals surface area contributed by atoms with Gasteiger partial charge in [-0.25, -0.2) is 10.2 Å². The molecule has 0 saturated heterocycles. The molecule has 0 aliphatic carbocycles. The van der Waals surface area contributed by atoms with Crippen molar-refractivity contribution in [3.63, 3.8) is 0 Å². The Morgan fingerprint density at radius 1 is 1.06 bits per heavy atom. The van der Waals surface area contributed by atoms with Crippen LogP contribution in [0.1, 0.15) is 41.3 Å². The summed E-state index contributed by atoms with van der Waals surface area (Å²) in [4.78, 5) is 24.5. The predicted octanol–water partition coefficient (Wildman–Crippen LogP) is 6.19. The Labute approximate surface area is 212 Å². The monoisotopic (exact) mass is 542 g/mol. The molecule has 0 fully saturated rings. The van der Waals surface area contributed by atoms with Gasteiger partial charge in [0.25, 0.3) is 5.91 Å². The second-order valence-corrected chi connectivity index (χ2v) is 8.76. The van der Waals surface area contributed by atoms with Gasteiger partial charge in [0.15, 0.2) is 6.61 Å². The van der Waals surface area contributed by atoms with E-state index in [-0.39, 0.29) is 6.61 Å². The van der Waals surface area contributed by atoms with Crippen LogP contribution in [0, 0.1) is 0 Å². The van der Waals surface area contributed by atoms with Crippen LogP contribution in [0.5, 0.6) is 11.5 Å². The van der Waals surface area contributed by atoms with Gasteiger partial charge >= 0.3 is 5.97 Å². The zero-order chi connectivity index (χ0) is 24.3. The molecule has 8 heteroatoms. The number of halogens is 2. The van der Waals surface area contributed by atoms with Gasteiger partial charge in [0.1, 0.15) is 11.5 Å². The van der Waals surface area contributed by atoms with Crippen molar-refractivity contribution >= 4 is 45.6 Å². The van der Waals surface area contributed by atoms with Gasteiger partial charge in [-0.3, -0.25) is 4.79 Å². The summed E-state index contributed by atoms with van der Waals surface area (Å²) in [5.41, 5.74) is 4.52. The van der Waals surface area contributed by atoms with Crippen LogP contribution in [-0.4, -0.2) is 24.7 Å². The standard InChI is InChI=1S/C26H24BrClN2O4/c1-2-3-4-18-5-12-23(13-6-18)33-17-25(31)30-29-16-20-15-21(27)9-14-24(20)34-26(32)19-7-10-22(28)11-8-19/h5-16H,2-4,17H2,1H3,(H,30,31)/b29-16+. The predicted molar refractivity (Wildman–Crippen MR) is 137 cm³/mol. The van der Waals surface area contributed by atoms with E-state index in [9.17, 15) is 9.59 Å². The van der Waals surface area contributed by atoms with E-state index in [1.165, 1.54) is 11.8 Å². The Morgan fingerprint density at radius 3 is 2.50 bits per heavy atom. The van der Waals surface area contributed by atoms with Crippen molar-refractivity contribution in [2.75, 3.05) is 6.61 Å². The van der Waals surface area contributed by atoms with Crippen molar-refractivity contribution in [3.8, 4) is 11.5 Å². The van der Waals surface area contributed by atoms with Crippen molar-refractivity contribution in [3.05, 3.63) is 92.9 Å². The number of benzene rings is 3. The van der Waals surface area contributed by atoms with Gasteiger partial charge in [-0.15, -0.1) is 0 Å². The first kappa shape index (κ1) is 25.5. The number of unbranched alkanes of at least 4 members (excludes halogenated alkanes) is 1. The normalized spacial score (nSPS) is 10.8. The number of hydrogen-bond donors (Lipinski definition) is 1. The fourth-order valence-electron chi connectivity index (χ4n) is 2.95. The molecule has 3 aromatic rings. The van der Waals surface area contributed by atoms with Crippen LogP contribution < -0.4 is 14.9 Å². The molecule has 0 bridgehead atoms. The third-order valence-electron chi connectivity index (χ3n) is 4.76. The number of nitrogens with zero attached hydrogens (tertiary/aromatic N) is 1. The van der Waals surface area contributed by atoms with Gasteiger partial charge in [0.05, 0.1) is 11.8 Å². The van der Waals surface area contributed by atoms with Gasteiger partial charge in [-0.2, -0.15) is 5.10 Å². The van der Waals surface area contributed by atoms with Crippen LogP contribution in [0.3, 0.4) is 0 Å². The summed E-state index contributed by atoms with van der Waals surface area (Å²) in [5.74, 6) is -0.0452. The molecular formula is C26H24BrClN2O4. The Kier molecular flexibility index (Phi) is 9.67. The van der Waals surface area contributed by atoms with E-state index in [1.807, 2.05) is 24.3 Å².